The Morgan fingerprint density at radius 1 is 1.16 bits per heavy atom. The van der Waals surface area contributed by atoms with Crippen LogP contribution in [0, 0.1) is 0 Å². The SMILES string of the molecule is CCc1ccccc1NC(=O)CN(C)C(C)c1cc2ccccc2o1. The van der Waals surface area contributed by atoms with Crippen LogP contribution in [0.2, 0.25) is 0 Å². The van der Waals surface area contributed by atoms with Crippen molar-refractivity contribution in [2.75, 3.05) is 18.9 Å². The van der Waals surface area contributed by atoms with Crippen LogP contribution in [-0.2, 0) is 11.2 Å². The van der Waals surface area contributed by atoms with Crippen molar-refractivity contribution in [3.05, 3.63) is 65.9 Å². The highest BCUT2D eigenvalue weighted by molar-refractivity contribution is 5.93. The van der Waals surface area contributed by atoms with Gasteiger partial charge in [-0.05, 0) is 44.2 Å². The van der Waals surface area contributed by atoms with Crippen LogP contribution in [0.15, 0.2) is 59.0 Å². The van der Waals surface area contributed by atoms with E-state index in [9.17, 15) is 4.79 Å². The van der Waals surface area contributed by atoms with Gasteiger partial charge in [0, 0.05) is 11.1 Å². The van der Waals surface area contributed by atoms with Gasteiger partial charge in [-0.15, -0.1) is 0 Å². The maximum Gasteiger partial charge on any atom is 0.238 e. The maximum absolute atomic E-state index is 12.4. The number of hydrogen-bond donors (Lipinski definition) is 1. The molecule has 25 heavy (non-hydrogen) atoms. The minimum atomic E-state index is -0.0219. The van der Waals surface area contributed by atoms with E-state index in [1.807, 2.05) is 73.5 Å². The number of likely N-dealkylation sites (N-methyl/N-ethyl adjacent to an activating group) is 1. The standard InChI is InChI=1S/C21H24N2O2/c1-4-16-9-5-7-11-18(16)22-21(24)14-23(3)15(2)20-13-17-10-6-8-12-19(17)25-20/h5-13,15H,4,14H2,1-3H3,(H,22,24). The molecule has 0 bridgehead atoms. The van der Waals surface area contributed by atoms with Crippen LogP contribution in [0.5, 0.6) is 0 Å². The lowest BCUT2D eigenvalue weighted by Crippen LogP contribution is -2.32. The van der Waals surface area contributed by atoms with Gasteiger partial charge in [0.25, 0.3) is 0 Å². The van der Waals surface area contributed by atoms with Crippen LogP contribution in [0.1, 0.15) is 31.2 Å². The number of rotatable bonds is 6. The van der Waals surface area contributed by atoms with Gasteiger partial charge < -0.3 is 9.73 Å². The zero-order chi connectivity index (χ0) is 17.8. The molecular formula is C21H24N2O2. The van der Waals surface area contributed by atoms with Gasteiger partial charge in [-0.3, -0.25) is 9.69 Å². The minimum absolute atomic E-state index is 0.0135. The third-order valence-electron chi connectivity index (χ3n) is 4.58. The number of anilines is 1. The van der Waals surface area contributed by atoms with Gasteiger partial charge in [-0.25, -0.2) is 0 Å². The van der Waals surface area contributed by atoms with E-state index in [4.69, 9.17) is 4.42 Å². The summed E-state index contributed by atoms with van der Waals surface area (Å²) in [6.07, 6.45) is 0.891. The summed E-state index contributed by atoms with van der Waals surface area (Å²) in [5.74, 6) is 0.844. The molecule has 0 radical (unpaired) electrons. The predicted molar refractivity (Wildman–Crippen MR) is 102 cm³/mol. The molecule has 0 saturated heterocycles. The smallest absolute Gasteiger partial charge is 0.238 e. The zero-order valence-corrected chi connectivity index (χ0v) is 15.0. The first-order valence-electron chi connectivity index (χ1n) is 8.65. The van der Waals surface area contributed by atoms with Crippen molar-refractivity contribution in [1.29, 1.82) is 0 Å². The summed E-state index contributed by atoms with van der Waals surface area (Å²) in [7, 11) is 1.93. The largest absolute Gasteiger partial charge is 0.459 e. The van der Waals surface area contributed by atoms with Gasteiger partial charge in [-0.1, -0.05) is 43.3 Å². The number of nitrogens with one attached hydrogen (secondary N) is 1. The highest BCUT2D eigenvalue weighted by Crippen LogP contribution is 2.26. The number of amides is 1. The van der Waals surface area contributed by atoms with E-state index in [2.05, 4.69) is 12.2 Å². The molecule has 0 fully saturated rings. The molecule has 1 amide bonds. The van der Waals surface area contributed by atoms with E-state index < -0.39 is 0 Å². The molecular weight excluding hydrogens is 312 g/mol. The number of fused-ring (bicyclic) bond motifs is 1. The maximum atomic E-state index is 12.4. The summed E-state index contributed by atoms with van der Waals surface area (Å²) < 4.78 is 5.91. The molecule has 0 aliphatic rings. The molecule has 1 unspecified atom stereocenters. The van der Waals surface area contributed by atoms with Crippen molar-refractivity contribution in [2.24, 2.45) is 0 Å². The highest BCUT2D eigenvalue weighted by atomic mass is 16.3. The number of para-hydroxylation sites is 2. The molecule has 0 aliphatic carbocycles. The Bertz CT molecular complexity index is 836. The lowest BCUT2D eigenvalue weighted by atomic mass is 10.1. The van der Waals surface area contributed by atoms with Crippen molar-refractivity contribution in [3.8, 4) is 0 Å². The Hall–Kier alpha value is -2.59. The molecule has 2 aromatic carbocycles. The van der Waals surface area contributed by atoms with Crippen molar-refractivity contribution in [2.45, 2.75) is 26.3 Å². The number of nitrogens with zero attached hydrogens (tertiary/aromatic N) is 1. The van der Waals surface area contributed by atoms with E-state index in [0.29, 0.717) is 6.54 Å². The van der Waals surface area contributed by atoms with E-state index in [-0.39, 0.29) is 11.9 Å². The van der Waals surface area contributed by atoms with Crippen LogP contribution in [0.4, 0.5) is 5.69 Å². The lowest BCUT2D eigenvalue weighted by molar-refractivity contribution is -0.117. The first kappa shape index (κ1) is 17.2. The lowest BCUT2D eigenvalue weighted by Gasteiger charge is -2.22. The average Bonchev–Trinajstić information content (AvgIpc) is 3.05. The van der Waals surface area contributed by atoms with Gasteiger partial charge in [0.15, 0.2) is 0 Å². The Morgan fingerprint density at radius 2 is 1.88 bits per heavy atom. The molecule has 130 valence electrons. The molecule has 1 heterocycles. The summed E-state index contributed by atoms with van der Waals surface area (Å²) in [5, 5.41) is 4.10. The first-order chi connectivity index (χ1) is 12.1. The van der Waals surface area contributed by atoms with Crippen LogP contribution in [0.3, 0.4) is 0 Å². The topological polar surface area (TPSA) is 45.5 Å². The number of aryl methyl sites for hydroxylation is 1. The van der Waals surface area contributed by atoms with E-state index >= 15 is 0 Å². The van der Waals surface area contributed by atoms with E-state index in [1.54, 1.807) is 0 Å². The van der Waals surface area contributed by atoms with Gasteiger partial charge in [0.1, 0.15) is 11.3 Å². The normalized spacial score (nSPS) is 12.5. The molecule has 3 rings (SSSR count). The molecule has 0 aliphatic heterocycles. The molecule has 4 heteroatoms. The molecule has 4 nitrogen and oxygen atoms in total. The summed E-state index contributed by atoms with van der Waals surface area (Å²) in [5.41, 5.74) is 2.91. The van der Waals surface area contributed by atoms with Crippen LogP contribution in [0.25, 0.3) is 11.0 Å². The molecule has 0 spiro atoms. The third kappa shape index (κ3) is 3.91. The predicted octanol–water partition coefficient (Wildman–Crippen LogP) is 4.63. The quantitative estimate of drug-likeness (QED) is 0.714. The number of hydrogen-bond acceptors (Lipinski definition) is 3. The fourth-order valence-electron chi connectivity index (χ4n) is 2.93. The summed E-state index contributed by atoms with van der Waals surface area (Å²) >= 11 is 0. The van der Waals surface area contributed by atoms with Crippen LogP contribution >= 0.6 is 0 Å². The Balaban J connectivity index is 1.66. The van der Waals surface area contributed by atoms with E-state index in [0.717, 1.165) is 34.4 Å². The Labute approximate surface area is 148 Å². The molecule has 1 atom stereocenters. The fraction of sp³-hybridized carbons (Fsp3) is 0.286. The number of carbonyl (C=O) groups is 1. The van der Waals surface area contributed by atoms with Crippen LogP contribution < -0.4 is 5.32 Å². The Morgan fingerprint density at radius 3 is 2.64 bits per heavy atom. The van der Waals surface area contributed by atoms with Crippen molar-refractivity contribution >= 4 is 22.6 Å². The molecule has 1 N–H and O–H groups in total. The monoisotopic (exact) mass is 336 g/mol. The van der Waals surface area contributed by atoms with E-state index in [1.165, 1.54) is 0 Å². The second-order valence-electron chi connectivity index (χ2n) is 6.34. The fourth-order valence-corrected chi connectivity index (χ4v) is 2.93. The number of benzene rings is 2. The summed E-state index contributed by atoms with van der Waals surface area (Å²) in [6.45, 7) is 4.43. The van der Waals surface area contributed by atoms with Crippen molar-refractivity contribution in [3.63, 3.8) is 0 Å². The zero-order valence-electron chi connectivity index (χ0n) is 15.0. The average molecular weight is 336 g/mol. The van der Waals surface area contributed by atoms with Gasteiger partial charge >= 0.3 is 0 Å². The van der Waals surface area contributed by atoms with Crippen LogP contribution in [-0.4, -0.2) is 24.4 Å². The molecule has 0 saturated carbocycles. The van der Waals surface area contributed by atoms with Crippen molar-refractivity contribution in [1.82, 2.24) is 4.90 Å². The molecule has 1 aromatic heterocycles. The number of carbonyl (C=O) groups excluding carboxylic acids is 1. The van der Waals surface area contributed by atoms with Gasteiger partial charge in [0.2, 0.25) is 5.91 Å². The summed E-state index contributed by atoms with van der Waals surface area (Å²) in [4.78, 5) is 14.4. The van der Waals surface area contributed by atoms with Crippen molar-refractivity contribution < 1.29 is 9.21 Å². The van der Waals surface area contributed by atoms with Gasteiger partial charge in [-0.2, -0.15) is 0 Å². The third-order valence-corrected chi connectivity index (χ3v) is 4.58. The highest BCUT2D eigenvalue weighted by Gasteiger charge is 2.19. The summed E-state index contributed by atoms with van der Waals surface area (Å²) in [6, 6.07) is 17.9. The second kappa shape index (κ2) is 7.53. The van der Waals surface area contributed by atoms with Gasteiger partial charge in [0.05, 0.1) is 12.6 Å². The molecule has 3 aromatic rings. The second-order valence-corrected chi connectivity index (χ2v) is 6.34. The number of furan rings is 1. The first-order valence-corrected chi connectivity index (χ1v) is 8.65. The minimum Gasteiger partial charge on any atom is -0.459 e. The Kier molecular flexibility index (Phi) is 5.19.